The summed E-state index contributed by atoms with van der Waals surface area (Å²) >= 11 is 0. The molecule has 39 heavy (non-hydrogen) atoms. The molecular formula is C28H30N6O4S. The summed E-state index contributed by atoms with van der Waals surface area (Å²) in [4.78, 5) is 12.5. The van der Waals surface area contributed by atoms with E-state index in [1.165, 1.54) is 0 Å². The number of nitrogens with one attached hydrogen (secondary N) is 3. The van der Waals surface area contributed by atoms with E-state index >= 15 is 0 Å². The zero-order valence-corrected chi connectivity index (χ0v) is 22.7. The summed E-state index contributed by atoms with van der Waals surface area (Å²) in [5, 5.41) is 19.7. The van der Waals surface area contributed by atoms with Gasteiger partial charge in [0.1, 0.15) is 5.76 Å². The fourth-order valence-electron chi connectivity index (χ4n) is 5.37. The molecular weight excluding hydrogens is 516 g/mol. The van der Waals surface area contributed by atoms with Crippen LogP contribution in [-0.2, 0) is 22.0 Å². The number of rotatable bonds is 8. The van der Waals surface area contributed by atoms with Crippen molar-refractivity contribution >= 4 is 27.0 Å². The van der Waals surface area contributed by atoms with Crippen molar-refractivity contribution in [2.75, 3.05) is 4.72 Å². The number of pyridine rings is 1. The molecule has 3 aromatic heterocycles. The quantitative estimate of drug-likeness (QED) is 0.260. The zero-order valence-electron chi connectivity index (χ0n) is 21.9. The minimum Gasteiger partial charge on any atom is -0.381 e. The van der Waals surface area contributed by atoms with Crippen LogP contribution >= 0.6 is 0 Å². The molecule has 202 valence electrons. The molecule has 10 nitrogen and oxygen atoms in total. The highest BCUT2D eigenvalue weighted by molar-refractivity contribution is 7.93. The van der Waals surface area contributed by atoms with E-state index in [0.29, 0.717) is 53.0 Å². The molecule has 1 fully saturated rings. The summed E-state index contributed by atoms with van der Waals surface area (Å²) in [6.45, 7) is 5.74. The maximum Gasteiger partial charge on any atom is 0.237 e. The molecule has 2 atom stereocenters. The monoisotopic (exact) mass is 546 g/mol. The third kappa shape index (κ3) is 4.22. The highest BCUT2D eigenvalue weighted by atomic mass is 32.2. The average molecular weight is 547 g/mol. The lowest BCUT2D eigenvalue weighted by atomic mass is 9.79. The number of aliphatic hydroxyl groups is 1. The van der Waals surface area contributed by atoms with Crippen LogP contribution < -0.4 is 10.0 Å². The fourth-order valence-corrected chi connectivity index (χ4v) is 6.66. The second-order valence-electron chi connectivity index (χ2n) is 10.0. The van der Waals surface area contributed by atoms with Gasteiger partial charge in [0, 0.05) is 17.3 Å². The van der Waals surface area contributed by atoms with Crippen molar-refractivity contribution in [1.29, 1.82) is 0 Å². The number of sulfonamides is 1. The summed E-state index contributed by atoms with van der Waals surface area (Å²) in [7, 11) is -3.57. The summed E-state index contributed by atoms with van der Waals surface area (Å²) < 4.78 is 33.8. The predicted octanol–water partition coefficient (Wildman–Crippen LogP) is 3.97. The lowest BCUT2D eigenvalue weighted by Gasteiger charge is -2.36. The number of hydrogen-bond acceptors (Lipinski definition) is 8. The number of allylic oxidation sites excluding steroid dienone is 2. The number of aromatic amines is 1. The number of benzene rings is 1. The van der Waals surface area contributed by atoms with Gasteiger partial charge in [-0.05, 0) is 74.7 Å². The third-order valence-corrected chi connectivity index (χ3v) is 9.26. The van der Waals surface area contributed by atoms with Crippen molar-refractivity contribution in [2.45, 2.75) is 56.9 Å². The van der Waals surface area contributed by atoms with E-state index in [2.05, 4.69) is 25.2 Å². The van der Waals surface area contributed by atoms with Crippen molar-refractivity contribution in [2.24, 2.45) is 0 Å². The van der Waals surface area contributed by atoms with E-state index in [0.717, 1.165) is 16.7 Å². The maximum atomic E-state index is 12.8. The second kappa shape index (κ2) is 9.35. The van der Waals surface area contributed by atoms with Crippen LogP contribution in [0, 0.1) is 13.8 Å². The zero-order chi connectivity index (χ0) is 27.4. The number of aromatic nitrogens is 4. The lowest BCUT2D eigenvalue weighted by Crippen LogP contribution is -2.48. The number of imidazole rings is 1. The topological polar surface area (TPSA) is 146 Å². The largest absolute Gasteiger partial charge is 0.381 e. The van der Waals surface area contributed by atoms with E-state index in [1.807, 2.05) is 51.1 Å². The number of fused-ring (bicyclic) bond motifs is 1. The first kappa shape index (κ1) is 25.3. The average Bonchev–Trinajstić information content (AvgIpc) is 3.66. The van der Waals surface area contributed by atoms with E-state index in [1.54, 1.807) is 24.5 Å². The number of aryl methyl sites for hydroxylation is 3. The Morgan fingerprint density at radius 1 is 1.23 bits per heavy atom. The van der Waals surface area contributed by atoms with Crippen molar-refractivity contribution in [3.05, 3.63) is 83.2 Å². The Hall–Kier alpha value is -3.96. The molecule has 4 heterocycles. The summed E-state index contributed by atoms with van der Waals surface area (Å²) in [6.07, 6.45) is 10.8. The van der Waals surface area contributed by atoms with Crippen LogP contribution in [-0.4, -0.2) is 44.9 Å². The SMILES string of the molecule is CCc1c(-c2c(C)noc2C)cc(C(O)(c2ccccn2)C2C=CC=CN2)c2nc(NS(=O)(=O)C3CC3)[nH]c12. The molecule has 0 amide bonds. The molecule has 2 aliphatic rings. The Morgan fingerprint density at radius 2 is 2.05 bits per heavy atom. The van der Waals surface area contributed by atoms with E-state index in [4.69, 9.17) is 9.51 Å². The fraction of sp³-hybridized carbons (Fsp3) is 0.321. The van der Waals surface area contributed by atoms with Gasteiger partial charge in [-0.2, -0.15) is 0 Å². The van der Waals surface area contributed by atoms with Crippen molar-refractivity contribution in [1.82, 2.24) is 25.4 Å². The summed E-state index contributed by atoms with van der Waals surface area (Å²) in [5.74, 6) is 0.751. The maximum absolute atomic E-state index is 12.8. The Morgan fingerprint density at radius 3 is 2.67 bits per heavy atom. The number of nitrogens with zero attached hydrogens (tertiary/aromatic N) is 3. The molecule has 4 aromatic rings. The molecule has 2 unspecified atom stereocenters. The molecule has 0 radical (unpaired) electrons. The first-order valence-electron chi connectivity index (χ1n) is 13.0. The Kier molecular flexibility index (Phi) is 6.07. The van der Waals surface area contributed by atoms with Crippen LogP contribution in [0.15, 0.2) is 59.4 Å². The van der Waals surface area contributed by atoms with Gasteiger partial charge in [0.2, 0.25) is 16.0 Å². The first-order chi connectivity index (χ1) is 18.7. The van der Waals surface area contributed by atoms with E-state index < -0.39 is 26.9 Å². The molecule has 1 aliphatic carbocycles. The van der Waals surface area contributed by atoms with Crippen LogP contribution in [0.1, 0.15) is 48.0 Å². The Bertz CT molecular complexity index is 1700. The van der Waals surface area contributed by atoms with Gasteiger partial charge >= 0.3 is 0 Å². The molecule has 11 heteroatoms. The van der Waals surface area contributed by atoms with Gasteiger partial charge in [-0.15, -0.1) is 0 Å². The van der Waals surface area contributed by atoms with Crippen LogP contribution in [0.4, 0.5) is 5.95 Å². The van der Waals surface area contributed by atoms with Gasteiger partial charge in [-0.25, -0.2) is 13.4 Å². The minimum absolute atomic E-state index is 0.110. The van der Waals surface area contributed by atoms with Gasteiger partial charge in [-0.3, -0.25) is 9.71 Å². The summed E-state index contributed by atoms with van der Waals surface area (Å²) in [6, 6.07) is 6.71. The summed E-state index contributed by atoms with van der Waals surface area (Å²) in [5.41, 5.74) is 3.54. The second-order valence-corrected chi connectivity index (χ2v) is 12.0. The molecule has 0 bridgehead atoms. The van der Waals surface area contributed by atoms with Gasteiger partial charge in [0.05, 0.1) is 33.7 Å². The smallest absolute Gasteiger partial charge is 0.237 e. The predicted molar refractivity (Wildman–Crippen MR) is 148 cm³/mol. The molecule has 1 aromatic carbocycles. The molecule has 4 N–H and O–H groups in total. The van der Waals surface area contributed by atoms with Crippen molar-refractivity contribution in [3.8, 4) is 11.1 Å². The Labute approximate surface area is 226 Å². The number of dihydropyridines is 1. The van der Waals surface area contributed by atoms with Gasteiger partial charge in [0.25, 0.3) is 0 Å². The van der Waals surface area contributed by atoms with E-state index in [9.17, 15) is 13.5 Å². The highest BCUT2D eigenvalue weighted by Crippen LogP contribution is 2.43. The number of anilines is 1. The molecule has 0 saturated heterocycles. The highest BCUT2D eigenvalue weighted by Gasteiger charge is 2.44. The Balaban J connectivity index is 1.67. The van der Waals surface area contributed by atoms with Crippen LogP contribution in [0.3, 0.4) is 0 Å². The third-order valence-electron chi connectivity index (χ3n) is 7.44. The van der Waals surface area contributed by atoms with Crippen LogP contribution in [0.2, 0.25) is 0 Å². The normalized spacial score (nSPS) is 18.7. The van der Waals surface area contributed by atoms with Gasteiger partial charge < -0.3 is 19.9 Å². The van der Waals surface area contributed by atoms with Crippen LogP contribution in [0.5, 0.6) is 0 Å². The number of hydrogen-bond donors (Lipinski definition) is 4. The number of H-pyrrole nitrogens is 1. The van der Waals surface area contributed by atoms with Crippen molar-refractivity contribution < 1.29 is 18.0 Å². The molecule has 1 saturated carbocycles. The van der Waals surface area contributed by atoms with Crippen molar-refractivity contribution in [3.63, 3.8) is 0 Å². The first-order valence-corrected chi connectivity index (χ1v) is 14.5. The molecule has 0 spiro atoms. The molecule has 1 aliphatic heterocycles. The minimum atomic E-state index is -3.57. The molecule has 6 rings (SSSR count). The van der Waals surface area contributed by atoms with E-state index in [-0.39, 0.29) is 5.95 Å². The van der Waals surface area contributed by atoms with Crippen LogP contribution in [0.25, 0.3) is 22.2 Å². The van der Waals surface area contributed by atoms with Gasteiger partial charge in [0.15, 0.2) is 5.60 Å². The van der Waals surface area contributed by atoms with Gasteiger partial charge in [-0.1, -0.05) is 30.3 Å². The lowest BCUT2D eigenvalue weighted by molar-refractivity contribution is 0.0551. The standard InChI is InChI=1S/C28H30N6O4S/c1-4-19-20(24-16(2)33-38-17(24)3)15-21(26-25(19)31-27(32-26)34-39(36,37)18-11-12-18)28(35,22-9-5-7-13-29-22)23-10-6-8-14-30-23/h5-10,13-15,18,22,29,35H,4,11-12H2,1-3H3,(H2,31,32,34).